The molecule has 0 saturated heterocycles. The second-order valence-electron chi connectivity index (χ2n) is 6.86. The van der Waals surface area contributed by atoms with Gasteiger partial charge in [-0.05, 0) is 11.1 Å². The van der Waals surface area contributed by atoms with Crippen LogP contribution in [0.25, 0.3) is 11.1 Å². The molecule has 0 saturated carbocycles. The first kappa shape index (κ1) is 19.7. The van der Waals surface area contributed by atoms with E-state index in [4.69, 9.17) is 0 Å². The SMILES string of the molecule is CN(C)/C=C(/C=[N+](C)C)c1ccc(/C(C=[N+](C)C)=C\N(C)C)cc1. The number of benzene rings is 1. The Balaban J connectivity index is 3.27. The lowest BCUT2D eigenvalue weighted by Crippen LogP contribution is -2.08. The van der Waals surface area contributed by atoms with Gasteiger partial charge in [0.25, 0.3) is 0 Å². The van der Waals surface area contributed by atoms with Crippen LogP contribution in [0.2, 0.25) is 0 Å². The molecule has 4 heteroatoms. The number of rotatable bonds is 6. The molecule has 0 atom stereocenters. The first-order chi connectivity index (χ1) is 11.2. The van der Waals surface area contributed by atoms with E-state index in [9.17, 15) is 0 Å². The molecule has 0 aliphatic rings. The third-order valence-corrected chi connectivity index (χ3v) is 3.14. The third-order valence-electron chi connectivity index (χ3n) is 3.14. The highest BCUT2D eigenvalue weighted by Crippen LogP contribution is 2.18. The number of hydrogen-bond donors (Lipinski definition) is 0. The van der Waals surface area contributed by atoms with Crippen molar-refractivity contribution in [1.29, 1.82) is 0 Å². The highest BCUT2D eigenvalue weighted by molar-refractivity contribution is 6.09. The molecule has 0 spiro atoms. The third kappa shape index (κ3) is 6.82. The summed E-state index contributed by atoms with van der Waals surface area (Å²) in [6, 6.07) is 8.71. The fraction of sp³-hybridized carbons (Fsp3) is 0.400. The molecular formula is C20H32N4+2. The number of hydrogen-bond acceptors (Lipinski definition) is 2. The van der Waals surface area contributed by atoms with Crippen LogP contribution in [0.1, 0.15) is 11.1 Å². The molecule has 0 bridgehead atoms. The van der Waals surface area contributed by atoms with Crippen molar-refractivity contribution in [3.8, 4) is 0 Å². The monoisotopic (exact) mass is 328 g/mol. The molecule has 0 aromatic heterocycles. The zero-order chi connectivity index (χ0) is 18.3. The van der Waals surface area contributed by atoms with Crippen molar-refractivity contribution in [3.05, 3.63) is 47.8 Å². The van der Waals surface area contributed by atoms with E-state index in [1.165, 1.54) is 22.3 Å². The molecule has 0 aliphatic carbocycles. The second kappa shape index (κ2) is 9.06. The van der Waals surface area contributed by atoms with Crippen molar-refractivity contribution in [2.75, 3.05) is 56.4 Å². The maximum Gasteiger partial charge on any atom is 0.172 e. The topological polar surface area (TPSA) is 12.5 Å². The average molecular weight is 329 g/mol. The van der Waals surface area contributed by atoms with Gasteiger partial charge in [0.05, 0.1) is 11.1 Å². The second-order valence-corrected chi connectivity index (χ2v) is 6.86. The largest absolute Gasteiger partial charge is 0.383 e. The molecular weight excluding hydrogens is 296 g/mol. The van der Waals surface area contributed by atoms with Crippen LogP contribution in [0.5, 0.6) is 0 Å². The van der Waals surface area contributed by atoms with Gasteiger partial charge in [0, 0.05) is 40.6 Å². The summed E-state index contributed by atoms with van der Waals surface area (Å²) in [6.45, 7) is 0. The number of allylic oxidation sites excluding steroid dienone is 2. The van der Waals surface area contributed by atoms with Gasteiger partial charge in [-0.25, -0.2) is 9.15 Å². The van der Waals surface area contributed by atoms with Crippen LogP contribution in [0.15, 0.2) is 36.7 Å². The quantitative estimate of drug-likeness (QED) is 0.586. The highest BCUT2D eigenvalue weighted by atomic mass is 15.0. The first-order valence-electron chi connectivity index (χ1n) is 8.09. The lowest BCUT2D eigenvalue weighted by Gasteiger charge is -2.10. The Morgan fingerprint density at radius 2 is 0.958 bits per heavy atom. The Hall–Kier alpha value is -2.36. The van der Waals surface area contributed by atoms with Gasteiger partial charge >= 0.3 is 0 Å². The van der Waals surface area contributed by atoms with E-state index in [1.807, 2.05) is 56.4 Å². The van der Waals surface area contributed by atoms with E-state index in [1.54, 1.807) is 0 Å². The van der Waals surface area contributed by atoms with Crippen molar-refractivity contribution < 1.29 is 9.15 Å². The first-order valence-corrected chi connectivity index (χ1v) is 8.09. The molecule has 0 amide bonds. The summed E-state index contributed by atoms with van der Waals surface area (Å²) in [5.74, 6) is 0. The van der Waals surface area contributed by atoms with Crippen molar-refractivity contribution in [2.45, 2.75) is 0 Å². The summed E-state index contributed by atoms with van der Waals surface area (Å²) in [4.78, 5) is 4.14. The molecule has 0 unspecified atom stereocenters. The summed E-state index contributed by atoms with van der Waals surface area (Å²) in [6.07, 6.45) is 8.55. The Morgan fingerprint density at radius 3 is 1.17 bits per heavy atom. The van der Waals surface area contributed by atoms with Gasteiger partial charge in [-0.15, -0.1) is 0 Å². The summed E-state index contributed by atoms with van der Waals surface area (Å²) < 4.78 is 4.14. The van der Waals surface area contributed by atoms with E-state index < -0.39 is 0 Å². The Morgan fingerprint density at radius 1 is 0.667 bits per heavy atom. The van der Waals surface area contributed by atoms with E-state index in [0.717, 1.165) is 0 Å². The molecule has 0 radical (unpaired) electrons. The fourth-order valence-corrected chi connectivity index (χ4v) is 2.33. The highest BCUT2D eigenvalue weighted by Gasteiger charge is 2.07. The molecule has 130 valence electrons. The van der Waals surface area contributed by atoms with E-state index in [-0.39, 0.29) is 0 Å². The Labute approximate surface area is 147 Å². The Kier molecular flexibility index (Phi) is 7.43. The summed E-state index contributed by atoms with van der Waals surface area (Å²) in [5, 5.41) is 0. The molecule has 0 heterocycles. The summed E-state index contributed by atoms with van der Waals surface area (Å²) in [5.41, 5.74) is 4.78. The van der Waals surface area contributed by atoms with E-state index in [2.05, 4.69) is 68.0 Å². The lowest BCUT2D eigenvalue weighted by molar-refractivity contribution is -0.458. The van der Waals surface area contributed by atoms with Gasteiger partial charge in [-0.1, -0.05) is 24.3 Å². The van der Waals surface area contributed by atoms with Crippen molar-refractivity contribution in [3.63, 3.8) is 0 Å². The fourth-order valence-electron chi connectivity index (χ4n) is 2.33. The van der Waals surface area contributed by atoms with Crippen molar-refractivity contribution in [2.24, 2.45) is 0 Å². The van der Waals surface area contributed by atoms with E-state index in [0.29, 0.717) is 0 Å². The van der Waals surface area contributed by atoms with Gasteiger partial charge in [-0.2, -0.15) is 0 Å². The van der Waals surface area contributed by atoms with Gasteiger partial charge in [0.1, 0.15) is 28.2 Å². The number of nitrogens with zero attached hydrogens (tertiary/aromatic N) is 4. The standard InChI is InChI=1S/C20H32N4/c1-21(2)13-19(14-22(3)4)17-9-11-18(12-10-17)20(15-23(5)6)16-24(7)8/h9-16H,1-8H3/q+2. The van der Waals surface area contributed by atoms with Crippen LogP contribution < -0.4 is 0 Å². The van der Waals surface area contributed by atoms with Gasteiger partial charge < -0.3 is 9.80 Å². The van der Waals surface area contributed by atoms with Crippen LogP contribution in [0, 0.1) is 0 Å². The minimum atomic E-state index is 1.19. The van der Waals surface area contributed by atoms with E-state index >= 15 is 0 Å². The maximum atomic E-state index is 2.18. The lowest BCUT2D eigenvalue weighted by atomic mass is 10.0. The maximum absolute atomic E-state index is 2.18. The molecule has 1 aromatic carbocycles. The summed E-state index contributed by atoms with van der Waals surface area (Å²) >= 11 is 0. The molecule has 1 aromatic rings. The predicted octanol–water partition coefficient (Wildman–Crippen LogP) is 2.18. The zero-order valence-corrected chi connectivity index (χ0v) is 16.4. The molecule has 4 nitrogen and oxygen atoms in total. The van der Waals surface area contributed by atoms with Crippen molar-refractivity contribution in [1.82, 2.24) is 9.80 Å². The molecule has 24 heavy (non-hydrogen) atoms. The van der Waals surface area contributed by atoms with Gasteiger partial charge in [0.2, 0.25) is 0 Å². The predicted molar refractivity (Wildman–Crippen MR) is 106 cm³/mol. The molecule has 1 rings (SSSR count). The molecule has 0 N–H and O–H groups in total. The average Bonchev–Trinajstić information content (AvgIpc) is 2.44. The van der Waals surface area contributed by atoms with Crippen molar-refractivity contribution >= 4 is 23.6 Å². The minimum absolute atomic E-state index is 1.19. The van der Waals surface area contributed by atoms with Crippen LogP contribution >= 0.6 is 0 Å². The minimum Gasteiger partial charge on any atom is -0.383 e. The smallest absolute Gasteiger partial charge is 0.172 e. The normalized spacial score (nSPS) is 11.8. The Bertz CT molecular complexity index is 592. The van der Waals surface area contributed by atoms with Crippen LogP contribution in [0.4, 0.5) is 0 Å². The molecule has 0 aliphatic heterocycles. The van der Waals surface area contributed by atoms with Crippen LogP contribution in [0.3, 0.4) is 0 Å². The van der Waals surface area contributed by atoms with Gasteiger partial charge in [0.15, 0.2) is 12.4 Å². The van der Waals surface area contributed by atoms with Gasteiger partial charge in [-0.3, -0.25) is 0 Å². The van der Waals surface area contributed by atoms with Crippen LogP contribution in [-0.2, 0) is 0 Å². The summed E-state index contributed by atoms with van der Waals surface area (Å²) in [7, 11) is 16.3. The zero-order valence-electron chi connectivity index (χ0n) is 16.4. The molecule has 0 fully saturated rings. The van der Waals surface area contributed by atoms with Crippen LogP contribution in [-0.4, -0.2) is 87.8 Å².